The van der Waals surface area contributed by atoms with Crippen molar-refractivity contribution in [1.29, 1.82) is 0 Å². The lowest BCUT2D eigenvalue weighted by Gasteiger charge is -2.42. The van der Waals surface area contributed by atoms with E-state index in [2.05, 4.69) is 20.9 Å². The summed E-state index contributed by atoms with van der Waals surface area (Å²) in [6, 6.07) is 3.99. The number of rotatable bonds is 4. The van der Waals surface area contributed by atoms with Crippen LogP contribution in [0.15, 0.2) is 18.3 Å². The summed E-state index contributed by atoms with van der Waals surface area (Å²) >= 11 is 0. The first-order valence-corrected chi connectivity index (χ1v) is 8.27. The SMILES string of the molecule is Cn1cccc1CNC1C2COC(O2)C(N2CCCC2)C1O. The number of ether oxygens (including phenoxy) is 2. The molecule has 0 saturated carbocycles. The number of hydrogen-bond donors (Lipinski definition) is 2. The maximum absolute atomic E-state index is 10.9. The standard InChI is InChI=1S/C16H25N3O3/c1-18-6-4-5-11(18)9-17-13-12-10-21-16(22-12)14(15(13)20)19-7-2-3-8-19/h4-6,12-17,20H,2-3,7-10H2,1H3. The van der Waals surface area contributed by atoms with Crippen LogP contribution in [0.4, 0.5) is 0 Å². The third-order valence-corrected chi connectivity index (χ3v) is 5.26. The van der Waals surface area contributed by atoms with Gasteiger partial charge in [-0.25, -0.2) is 0 Å². The van der Waals surface area contributed by atoms with Gasteiger partial charge in [-0.1, -0.05) is 0 Å². The Labute approximate surface area is 131 Å². The third-order valence-electron chi connectivity index (χ3n) is 5.26. The lowest BCUT2D eigenvalue weighted by molar-refractivity contribution is -0.179. The molecule has 0 aliphatic carbocycles. The molecule has 1 aromatic heterocycles. The summed E-state index contributed by atoms with van der Waals surface area (Å²) in [5, 5.41) is 14.4. The lowest BCUT2D eigenvalue weighted by atomic mass is 9.95. The highest BCUT2D eigenvalue weighted by atomic mass is 16.7. The first-order valence-electron chi connectivity index (χ1n) is 8.27. The molecule has 22 heavy (non-hydrogen) atoms. The fourth-order valence-electron chi connectivity index (χ4n) is 3.98. The summed E-state index contributed by atoms with van der Waals surface area (Å²) < 4.78 is 13.9. The van der Waals surface area contributed by atoms with Crippen molar-refractivity contribution < 1.29 is 14.6 Å². The van der Waals surface area contributed by atoms with E-state index < -0.39 is 6.10 Å². The van der Waals surface area contributed by atoms with E-state index in [0.29, 0.717) is 6.61 Å². The van der Waals surface area contributed by atoms with Crippen LogP contribution in [0.3, 0.4) is 0 Å². The summed E-state index contributed by atoms with van der Waals surface area (Å²) in [7, 11) is 2.03. The molecule has 2 bridgehead atoms. The molecular formula is C16H25N3O3. The molecule has 3 aliphatic rings. The number of aryl methyl sites for hydroxylation is 1. The van der Waals surface area contributed by atoms with Crippen LogP contribution in [0.1, 0.15) is 18.5 Å². The molecule has 3 fully saturated rings. The number of nitrogens with zero attached hydrogens (tertiary/aromatic N) is 2. The summed E-state index contributed by atoms with van der Waals surface area (Å²) in [6.07, 6.45) is 3.64. The molecule has 6 nitrogen and oxygen atoms in total. The molecule has 3 saturated heterocycles. The first-order chi connectivity index (χ1) is 10.7. The minimum Gasteiger partial charge on any atom is -0.390 e. The fourth-order valence-corrected chi connectivity index (χ4v) is 3.98. The number of fused-ring (bicyclic) bond motifs is 2. The number of aliphatic hydroxyl groups excluding tert-OH is 1. The van der Waals surface area contributed by atoms with Gasteiger partial charge in [0.2, 0.25) is 0 Å². The molecule has 2 N–H and O–H groups in total. The van der Waals surface area contributed by atoms with Gasteiger partial charge in [0.15, 0.2) is 6.29 Å². The zero-order valence-electron chi connectivity index (χ0n) is 13.0. The minimum atomic E-state index is -0.454. The van der Waals surface area contributed by atoms with Gasteiger partial charge in [-0.2, -0.15) is 0 Å². The van der Waals surface area contributed by atoms with Gasteiger partial charge in [0.25, 0.3) is 0 Å². The molecule has 6 heteroatoms. The van der Waals surface area contributed by atoms with Crippen molar-refractivity contribution in [3.05, 3.63) is 24.0 Å². The molecule has 4 heterocycles. The normalized spacial score (nSPS) is 38.7. The largest absolute Gasteiger partial charge is 0.390 e. The van der Waals surface area contributed by atoms with Crippen molar-refractivity contribution in [2.45, 2.75) is 50.0 Å². The molecular weight excluding hydrogens is 282 g/mol. The Bertz CT molecular complexity index is 512. The van der Waals surface area contributed by atoms with Crippen LogP contribution in [0.5, 0.6) is 0 Å². The summed E-state index contributed by atoms with van der Waals surface area (Å²) in [4.78, 5) is 2.33. The molecule has 3 aliphatic heterocycles. The highest BCUT2D eigenvalue weighted by Gasteiger charge is 2.52. The Kier molecular flexibility index (Phi) is 3.96. The molecule has 5 unspecified atom stereocenters. The third kappa shape index (κ3) is 2.49. The van der Waals surface area contributed by atoms with Crippen LogP contribution in [0, 0.1) is 0 Å². The monoisotopic (exact) mass is 307 g/mol. The van der Waals surface area contributed by atoms with Crippen molar-refractivity contribution >= 4 is 0 Å². The van der Waals surface area contributed by atoms with Crippen LogP contribution in [0.2, 0.25) is 0 Å². The van der Waals surface area contributed by atoms with E-state index >= 15 is 0 Å². The van der Waals surface area contributed by atoms with Gasteiger partial charge in [-0.15, -0.1) is 0 Å². The second-order valence-electron chi connectivity index (χ2n) is 6.62. The van der Waals surface area contributed by atoms with Crippen molar-refractivity contribution in [2.75, 3.05) is 19.7 Å². The van der Waals surface area contributed by atoms with Crippen LogP contribution < -0.4 is 5.32 Å². The maximum Gasteiger partial charge on any atom is 0.176 e. The van der Waals surface area contributed by atoms with E-state index in [9.17, 15) is 5.11 Å². The maximum atomic E-state index is 10.9. The smallest absolute Gasteiger partial charge is 0.176 e. The second kappa shape index (κ2) is 5.94. The Morgan fingerprint density at radius 1 is 1.36 bits per heavy atom. The Hall–Kier alpha value is -0.920. The van der Waals surface area contributed by atoms with Gasteiger partial charge in [0.05, 0.1) is 24.8 Å². The van der Waals surface area contributed by atoms with Crippen molar-refractivity contribution in [3.63, 3.8) is 0 Å². The van der Waals surface area contributed by atoms with E-state index in [1.54, 1.807) is 0 Å². The average molecular weight is 307 g/mol. The molecule has 122 valence electrons. The van der Waals surface area contributed by atoms with Gasteiger partial charge in [0.1, 0.15) is 6.10 Å². The zero-order chi connectivity index (χ0) is 15.1. The van der Waals surface area contributed by atoms with Gasteiger partial charge < -0.3 is 24.5 Å². The molecule has 0 spiro atoms. The fraction of sp³-hybridized carbons (Fsp3) is 0.750. The predicted molar refractivity (Wildman–Crippen MR) is 81.3 cm³/mol. The number of aliphatic hydroxyl groups is 1. The molecule has 5 atom stereocenters. The van der Waals surface area contributed by atoms with Gasteiger partial charge in [-0.05, 0) is 38.1 Å². The molecule has 0 amide bonds. The highest BCUT2D eigenvalue weighted by molar-refractivity contribution is 5.08. The topological polar surface area (TPSA) is 58.9 Å². The minimum absolute atomic E-state index is 0.0489. The van der Waals surface area contributed by atoms with Crippen LogP contribution in [0.25, 0.3) is 0 Å². The quantitative estimate of drug-likeness (QED) is 0.824. The van der Waals surface area contributed by atoms with Gasteiger partial charge in [0, 0.05) is 25.5 Å². The number of nitrogens with one attached hydrogen (secondary N) is 1. The van der Waals surface area contributed by atoms with E-state index in [1.807, 2.05) is 19.3 Å². The lowest BCUT2D eigenvalue weighted by Crippen LogP contribution is -2.64. The van der Waals surface area contributed by atoms with Gasteiger partial charge in [-0.3, -0.25) is 4.90 Å². The van der Waals surface area contributed by atoms with Crippen LogP contribution in [-0.4, -0.2) is 64.9 Å². The second-order valence-corrected chi connectivity index (χ2v) is 6.62. The van der Waals surface area contributed by atoms with Crippen molar-refractivity contribution in [1.82, 2.24) is 14.8 Å². The molecule has 1 aromatic rings. The summed E-state index contributed by atoms with van der Waals surface area (Å²) in [6.45, 7) is 3.35. The Morgan fingerprint density at radius 3 is 2.91 bits per heavy atom. The summed E-state index contributed by atoms with van der Waals surface area (Å²) in [5.74, 6) is 0. The van der Waals surface area contributed by atoms with Gasteiger partial charge >= 0.3 is 0 Å². The van der Waals surface area contributed by atoms with E-state index in [4.69, 9.17) is 9.47 Å². The Balaban J connectivity index is 1.47. The average Bonchev–Trinajstić information content (AvgIpc) is 3.22. The number of likely N-dealkylation sites (tertiary alicyclic amines) is 1. The Morgan fingerprint density at radius 2 is 2.18 bits per heavy atom. The predicted octanol–water partition coefficient (Wildman–Crippen LogP) is 0.0637. The summed E-state index contributed by atoms with van der Waals surface area (Å²) in [5.41, 5.74) is 1.20. The molecule has 4 rings (SSSR count). The number of aromatic nitrogens is 1. The zero-order valence-corrected chi connectivity index (χ0v) is 13.0. The van der Waals surface area contributed by atoms with Crippen LogP contribution >= 0.6 is 0 Å². The van der Waals surface area contributed by atoms with E-state index in [0.717, 1.165) is 19.6 Å². The van der Waals surface area contributed by atoms with Crippen molar-refractivity contribution in [2.24, 2.45) is 7.05 Å². The number of hydrogen-bond acceptors (Lipinski definition) is 5. The molecule has 0 radical (unpaired) electrons. The highest BCUT2D eigenvalue weighted by Crippen LogP contribution is 2.33. The van der Waals surface area contributed by atoms with E-state index in [-0.39, 0.29) is 24.5 Å². The van der Waals surface area contributed by atoms with Crippen molar-refractivity contribution in [3.8, 4) is 0 Å². The first kappa shape index (κ1) is 14.7. The molecule has 0 aromatic carbocycles. The van der Waals surface area contributed by atoms with Crippen LogP contribution in [-0.2, 0) is 23.1 Å². The van der Waals surface area contributed by atoms with E-state index in [1.165, 1.54) is 18.5 Å².